The summed E-state index contributed by atoms with van der Waals surface area (Å²) < 4.78 is 10.8. The van der Waals surface area contributed by atoms with Crippen LogP contribution in [0.4, 0.5) is 0 Å². The van der Waals surface area contributed by atoms with Crippen molar-refractivity contribution < 1.29 is 19.1 Å². The zero-order chi connectivity index (χ0) is 19.8. The Bertz CT molecular complexity index is 781. The van der Waals surface area contributed by atoms with E-state index in [4.69, 9.17) is 9.47 Å². The molecule has 1 aromatic rings. The molecular formula is C23H30N2O4. The summed E-state index contributed by atoms with van der Waals surface area (Å²) in [6, 6.07) is 6.00. The Kier molecular flexibility index (Phi) is 5.10. The number of benzene rings is 1. The minimum Gasteiger partial charge on any atom is -0.454 e. The SMILES string of the molecule is O=C(CC1CCCCC1)N1CCN(C(=O)C2CC2c2ccc3c(c2)OCO3)CC1. The summed E-state index contributed by atoms with van der Waals surface area (Å²) in [6.07, 6.45) is 7.86. The van der Waals surface area contributed by atoms with E-state index in [9.17, 15) is 9.59 Å². The summed E-state index contributed by atoms with van der Waals surface area (Å²) in [4.78, 5) is 29.5. The van der Waals surface area contributed by atoms with Crippen molar-refractivity contribution in [2.75, 3.05) is 33.0 Å². The first-order valence-electron chi connectivity index (χ1n) is 11.1. The zero-order valence-electron chi connectivity index (χ0n) is 17.0. The molecule has 0 bridgehead atoms. The Morgan fingerprint density at radius 1 is 0.931 bits per heavy atom. The topological polar surface area (TPSA) is 59.1 Å². The molecule has 2 heterocycles. The average Bonchev–Trinajstić information content (AvgIpc) is 3.43. The van der Waals surface area contributed by atoms with E-state index in [-0.39, 0.29) is 30.4 Å². The molecule has 0 aromatic heterocycles. The van der Waals surface area contributed by atoms with Gasteiger partial charge in [0.15, 0.2) is 11.5 Å². The van der Waals surface area contributed by atoms with E-state index in [0.29, 0.717) is 38.5 Å². The molecular weight excluding hydrogens is 368 g/mol. The Labute approximate surface area is 172 Å². The van der Waals surface area contributed by atoms with Crippen LogP contribution in [0.2, 0.25) is 0 Å². The standard InChI is InChI=1S/C23H30N2O4/c26-22(12-16-4-2-1-3-5-16)24-8-10-25(11-9-24)23(27)19-14-18(19)17-6-7-20-21(13-17)29-15-28-20/h6-7,13,16,18-19H,1-5,8-12,14-15H2. The smallest absolute Gasteiger partial charge is 0.231 e. The van der Waals surface area contributed by atoms with Crippen LogP contribution in [0, 0.1) is 11.8 Å². The first kappa shape index (κ1) is 18.8. The van der Waals surface area contributed by atoms with Crippen molar-refractivity contribution in [2.24, 2.45) is 11.8 Å². The molecule has 2 unspecified atom stereocenters. The van der Waals surface area contributed by atoms with Crippen LogP contribution < -0.4 is 9.47 Å². The van der Waals surface area contributed by atoms with Gasteiger partial charge in [0.25, 0.3) is 0 Å². The summed E-state index contributed by atoms with van der Waals surface area (Å²) in [5.74, 6) is 3.02. The predicted octanol–water partition coefficient (Wildman–Crippen LogP) is 3.16. The molecule has 156 valence electrons. The monoisotopic (exact) mass is 398 g/mol. The average molecular weight is 399 g/mol. The molecule has 6 heteroatoms. The van der Waals surface area contributed by atoms with E-state index in [1.807, 2.05) is 28.0 Å². The van der Waals surface area contributed by atoms with Crippen LogP contribution in [0.15, 0.2) is 18.2 Å². The van der Waals surface area contributed by atoms with Crippen molar-refractivity contribution in [1.29, 1.82) is 0 Å². The van der Waals surface area contributed by atoms with Gasteiger partial charge in [-0.05, 0) is 48.8 Å². The van der Waals surface area contributed by atoms with Crippen molar-refractivity contribution in [3.05, 3.63) is 23.8 Å². The maximum atomic E-state index is 12.9. The van der Waals surface area contributed by atoms with Crippen molar-refractivity contribution in [1.82, 2.24) is 9.80 Å². The molecule has 0 spiro atoms. The first-order chi connectivity index (χ1) is 14.2. The highest BCUT2D eigenvalue weighted by Gasteiger charge is 2.46. The molecule has 3 fully saturated rings. The molecule has 6 nitrogen and oxygen atoms in total. The number of ether oxygens (including phenoxy) is 2. The molecule has 4 aliphatic rings. The molecule has 2 aliphatic carbocycles. The molecule has 2 aliphatic heterocycles. The third-order valence-electron chi connectivity index (χ3n) is 7.06. The molecule has 2 atom stereocenters. The van der Waals surface area contributed by atoms with Crippen LogP contribution in [0.5, 0.6) is 11.5 Å². The maximum absolute atomic E-state index is 12.9. The van der Waals surface area contributed by atoms with Crippen LogP contribution >= 0.6 is 0 Å². The normalized spacial score (nSPS) is 26.5. The third kappa shape index (κ3) is 3.94. The third-order valence-corrected chi connectivity index (χ3v) is 7.06. The van der Waals surface area contributed by atoms with E-state index in [1.54, 1.807) is 0 Å². The van der Waals surface area contributed by atoms with E-state index in [2.05, 4.69) is 0 Å². The molecule has 5 rings (SSSR count). The summed E-state index contributed by atoms with van der Waals surface area (Å²) in [7, 11) is 0. The number of nitrogens with zero attached hydrogens (tertiary/aromatic N) is 2. The van der Waals surface area contributed by atoms with Gasteiger partial charge in [-0.2, -0.15) is 0 Å². The first-order valence-corrected chi connectivity index (χ1v) is 11.1. The van der Waals surface area contributed by atoms with Crippen LogP contribution in [-0.4, -0.2) is 54.6 Å². The van der Waals surface area contributed by atoms with Crippen molar-refractivity contribution in [2.45, 2.75) is 50.9 Å². The van der Waals surface area contributed by atoms with Gasteiger partial charge in [-0.15, -0.1) is 0 Å². The lowest BCUT2D eigenvalue weighted by Gasteiger charge is -2.36. The number of carbonyl (C=O) groups is 2. The van der Waals surface area contributed by atoms with Gasteiger partial charge >= 0.3 is 0 Å². The Hall–Kier alpha value is -2.24. The second kappa shape index (κ2) is 7.88. The maximum Gasteiger partial charge on any atom is 0.231 e. The summed E-state index contributed by atoms with van der Waals surface area (Å²) in [5, 5.41) is 0. The molecule has 0 N–H and O–H groups in total. The van der Waals surface area contributed by atoms with Gasteiger partial charge < -0.3 is 19.3 Å². The number of carbonyl (C=O) groups excluding carboxylic acids is 2. The van der Waals surface area contributed by atoms with E-state index >= 15 is 0 Å². The van der Waals surface area contributed by atoms with Gasteiger partial charge in [0.1, 0.15) is 0 Å². The number of amides is 2. The quantitative estimate of drug-likeness (QED) is 0.782. The largest absolute Gasteiger partial charge is 0.454 e. The van der Waals surface area contributed by atoms with Gasteiger partial charge in [0.2, 0.25) is 18.6 Å². The summed E-state index contributed by atoms with van der Waals surface area (Å²) in [6.45, 7) is 2.96. The molecule has 1 aromatic carbocycles. The Morgan fingerprint density at radius 3 is 2.45 bits per heavy atom. The minimum atomic E-state index is 0.0693. The fraction of sp³-hybridized carbons (Fsp3) is 0.652. The Morgan fingerprint density at radius 2 is 1.66 bits per heavy atom. The highest BCUT2D eigenvalue weighted by Crippen LogP contribution is 2.50. The van der Waals surface area contributed by atoms with Crippen LogP contribution in [0.25, 0.3) is 0 Å². The summed E-state index contributed by atoms with van der Waals surface area (Å²) in [5.41, 5.74) is 1.16. The lowest BCUT2D eigenvalue weighted by atomic mass is 9.86. The van der Waals surface area contributed by atoms with Crippen LogP contribution in [0.1, 0.15) is 56.4 Å². The highest BCUT2D eigenvalue weighted by atomic mass is 16.7. The van der Waals surface area contributed by atoms with E-state index < -0.39 is 0 Å². The Balaban J connectivity index is 1.11. The summed E-state index contributed by atoms with van der Waals surface area (Å²) >= 11 is 0. The number of rotatable bonds is 4. The van der Waals surface area contributed by atoms with Gasteiger partial charge in [0, 0.05) is 38.5 Å². The molecule has 29 heavy (non-hydrogen) atoms. The number of piperazine rings is 1. The zero-order valence-corrected chi connectivity index (χ0v) is 17.0. The fourth-order valence-corrected chi connectivity index (χ4v) is 5.16. The predicted molar refractivity (Wildman–Crippen MR) is 108 cm³/mol. The highest BCUT2D eigenvalue weighted by molar-refractivity contribution is 5.83. The van der Waals surface area contributed by atoms with Gasteiger partial charge in [-0.1, -0.05) is 25.3 Å². The van der Waals surface area contributed by atoms with E-state index in [1.165, 1.54) is 32.1 Å². The molecule has 1 saturated heterocycles. The molecule has 2 amide bonds. The number of fused-ring (bicyclic) bond motifs is 1. The van der Waals surface area contributed by atoms with E-state index in [0.717, 1.165) is 23.5 Å². The van der Waals surface area contributed by atoms with Gasteiger partial charge in [-0.3, -0.25) is 9.59 Å². The fourth-order valence-electron chi connectivity index (χ4n) is 5.16. The number of hydrogen-bond acceptors (Lipinski definition) is 4. The van der Waals surface area contributed by atoms with Crippen molar-refractivity contribution >= 4 is 11.8 Å². The number of hydrogen-bond donors (Lipinski definition) is 0. The second-order valence-corrected chi connectivity index (χ2v) is 8.98. The lowest BCUT2D eigenvalue weighted by molar-refractivity contribution is -0.141. The van der Waals surface area contributed by atoms with Crippen molar-refractivity contribution in [3.63, 3.8) is 0 Å². The van der Waals surface area contributed by atoms with Gasteiger partial charge in [-0.25, -0.2) is 0 Å². The minimum absolute atomic E-state index is 0.0693. The second-order valence-electron chi connectivity index (χ2n) is 8.98. The van der Waals surface area contributed by atoms with Gasteiger partial charge in [0.05, 0.1) is 0 Å². The van der Waals surface area contributed by atoms with Crippen LogP contribution in [0.3, 0.4) is 0 Å². The van der Waals surface area contributed by atoms with Crippen LogP contribution in [-0.2, 0) is 9.59 Å². The molecule has 2 saturated carbocycles. The molecule has 0 radical (unpaired) electrons. The van der Waals surface area contributed by atoms with Crippen molar-refractivity contribution in [3.8, 4) is 11.5 Å². The lowest BCUT2D eigenvalue weighted by Crippen LogP contribution is -2.51.